The van der Waals surface area contributed by atoms with Gasteiger partial charge in [0.1, 0.15) is 0 Å². The van der Waals surface area contributed by atoms with Crippen molar-refractivity contribution in [2.45, 2.75) is 25.3 Å². The van der Waals surface area contributed by atoms with Crippen molar-refractivity contribution in [3.05, 3.63) is 76.7 Å². The van der Waals surface area contributed by atoms with Crippen LogP contribution in [-0.2, 0) is 16.1 Å². The molecule has 24 heavy (non-hydrogen) atoms. The van der Waals surface area contributed by atoms with E-state index in [0.717, 1.165) is 11.3 Å². The Kier molecular flexibility index (Phi) is 5.06. The van der Waals surface area contributed by atoms with Gasteiger partial charge in [-0.25, -0.2) is 0 Å². The SMILES string of the molecule is O=C1CC(c2ccccc2)CC(=O)C1=CNCc1ccc(Cl)cn1. The summed E-state index contributed by atoms with van der Waals surface area (Å²) in [7, 11) is 0. The number of hydrogen-bond acceptors (Lipinski definition) is 4. The van der Waals surface area contributed by atoms with Gasteiger partial charge in [0.05, 0.1) is 22.8 Å². The van der Waals surface area contributed by atoms with Crippen molar-refractivity contribution in [3.8, 4) is 0 Å². The average molecular weight is 341 g/mol. The number of rotatable bonds is 4. The number of pyridine rings is 1. The lowest BCUT2D eigenvalue weighted by Gasteiger charge is -2.22. The number of carbonyl (C=O) groups is 2. The van der Waals surface area contributed by atoms with Crippen LogP contribution in [0.3, 0.4) is 0 Å². The van der Waals surface area contributed by atoms with Crippen LogP contribution >= 0.6 is 11.6 Å². The zero-order chi connectivity index (χ0) is 16.9. The predicted octanol–water partition coefficient (Wildman–Crippen LogP) is 3.42. The Labute approximate surface area is 145 Å². The highest BCUT2D eigenvalue weighted by molar-refractivity contribution is 6.30. The van der Waals surface area contributed by atoms with Crippen LogP contribution in [0.2, 0.25) is 5.02 Å². The lowest BCUT2D eigenvalue weighted by molar-refractivity contribution is -0.124. The molecule has 1 aromatic heterocycles. The molecule has 0 saturated heterocycles. The van der Waals surface area contributed by atoms with E-state index in [-0.39, 0.29) is 23.1 Å². The molecule has 1 fully saturated rings. The van der Waals surface area contributed by atoms with Gasteiger partial charge in [0.2, 0.25) is 0 Å². The molecule has 0 amide bonds. The summed E-state index contributed by atoms with van der Waals surface area (Å²) in [4.78, 5) is 28.8. The highest BCUT2D eigenvalue weighted by atomic mass is 35.5. The van der Waals surface area contributed by atoms with Crippen molar-refractivity contribution in [1.29, 1.82) is 0 Å². The maximum absolute atomic E-state index is 12.3. The first-order valence-corrected chi connectivity index (χ1v) is 8.16. The smallest absolute Gasteiger partial charge is 0.168 e. The van der Waals surface area contributed by atoms with Crippen molar-refractivity contribution >= 4 is 23.2 Å². The summed E-state index contributed by atoms with van der Waals surface area (Å²) < 4.78 is 0. The summed E-state index contributed by atoms with van der Waals surface area (Å²) in [6.07, 6.45) is 3.81. The number of carbonyl (C=O) groups excluding carboxylic acids is 2. The number of nitrogens with one attached hydrogen (secondary N) is 1. The topological polar surface area (TPSA) is 59.1 Å². The zero-order valence-electron chi connectivity index (χ0n) is 13.0. The lowest BCUT2D eigenvalue weighted by Crippen LogP contribution is -2.26. The van der Waals surface area contributed by atoms with Gasteiger partial charge in [-0.05, 0) is 23.6 Å². The molecule has 1 aliphatic rings. The van der Waals surface area contributed by atoms with E-state index in [4.69, 9.17) is 11.6 Å². The summed E-state index contributed by atoms with van der Waals surface area (Å²) in [5.41, 5.74) is 2.07. The molecule has 1 heterocycles. The van der Waals surface area contributed by atoms with Crippen LogP contribution in [0.1, 0.15) is 30.0 Å². The third-order valence-corrected chi connectivity index (χ3v) is 4.28. The van der Waals surface area contributed by atoms with Gasteiger partial charge in [0, 0.05) is 25.2 Å². The van der Waals surface area contributed by atoms with E-state index < -0.39 is 0 Å². The first-order valence-electron chi connectivity index (χ1n) is 7.79. The molecule has 1 aliphatic carbocycles. The van der Waals surface area contributed by atoms with E-state index in [0.29, 0.717) is 24.4 Å². The molecule has 122 valence electrons. The predicted molar refractivity (Wildman–Crippen MR) is 92.6 cm³/mol. The maximum Gasteiger partial charge on any atom is 0.168 e. The van der Waals surface area contributed by atoms with Crippen molar-refractivity contribution < 1.29 is 9.59 Å². The monoisotopic (exact) mass is 340 g/mol. The number of benzene rings is 1. The van der Waals surface area contributed by atoms with E-state index in [1.54, 1.807) is 18.3 Å². The van der Waals surface area contributed by atoms with Crippen LogP contribution in [0, 0.1) is 0 Å². The molecule has 1 saturated carbocycles. The van der Waals surface area contributed by atoms with Crippen LogP contribution in [0.15, 0.2) is 60.4 Å². The van der Waals surface area contributed by atoms with Crippen molar-refractivity contribution in [1.82, 2.24) is 10.3 Å². The molecule has 4 nitrogen and oxygen atoms in total. The van der Waals surface area contributed by atoms with Crippen LogP contribution in [0.4, 0.5) is 0 Å². The fraction of sp³-hybridized carbons (Fsp3) is 0.211. The Morgan fingerprint density at radius 2 is 1.79 bits per heavy atom. The standard InChI is InChI=1S/C19H17ClN2O2/c20-15-6-7-16(22-10-15)11-21-12-17-18(23)8-14(9-19(17)24)13-4-2-1-3-5-13/h1-7,10,12,14,21H,8-9,11H2. The Hall–Kier alpha value is -2.46. The van der Waals surface area contributed by atoms with Gasteiger partial charge in [-0.2, -0.15) is 0 Å². The van der Waals surface area contributed by atoms with Gasteiger partial charge < -0.3 is 5.32 Å². The minimum absolute atomic E-state index is 0.0266. The quantitative estimate of drug-likeness (QED) is 0.684. The summed E-state index contributed by atoms with van der Waals surface area (Å²) in [5.74, 6) is -0.255. The average Bonchev–Trinajstić information content (AvgIpc) is 2.59. The van der Waals surface area contributed by atoms with E-state index in [9.17, 15) is 9.59 Å². The summed E-state index contributed by atoms with van der Waals surface area (Å²) in [6.45, 7) is 0.434. The second-order valence-corrected chi connectivity index (χ2v) is 6.21. The highest BCUT2D eigenvalue weighted by Gasteiger charge is 2.31. The zero-order valence-corrected chi connectivity index (χ0v) is 13.8. The van der Waals surface area contributed by atoms with Gasteiger partial charge in [0.15, 0.2) is 11.6 Å². The number of hydrogen-bond donors (Lipinski definition) is 1. The Morgan fingerprint density at radius 3 is 2.42 bits per heavy atom. The second kappa shape index (κ2) is 7.41. The van der Waals surface area contributed by atoms with E-state index >= 15 is 0 Å². The molecule has 5 heteroatoms. The fourth-order valence-electron chi connectivity index (χ4n) is 2.79. The molecule has 0 unspecified atom stereocenters. The molecule has 0 aliphatic heterocycles. The van der Waals surface area contributed by atoms with Crippen molar-refractivity contribution in [3.63, 3.8) is 0 Å². The summed E-state index contributed by atoms with van der Waals surface area (Å²) in [6, 6.07) is 13.3. The Morgan fingerprint density at radius 1 is 1.08 bits per heavy atom. The molecule has 1 aromatic carbocycles. The Bertz CT molecular complexity index is 750. The lowest BCUT2D eigenvalue weighted by atomic mass is 9.80. The fourth-order valence-corrected chi connectivity index (χ4v) is 2.90. The van der Waals surface area contributed by atoms with Gasteiger partial charge >= 0.3 is 0 Å². The third kappa shape index (κ3) is 3.89. The largest absolute Gasteiger partial charge is 0.385 e. The molecule has 0 spiro atoms. The molecule has 2 aromatic rings. The normalized spacial score (nSPS) is 17.7. The minimum atomic E-state index is -0.114. The number of halogens is 1. The van der Waals surface area contributed by atoms with Gasteiger partial charge in [-0.15, -0.1) is 0 Å². The van der Waals surface area contributed by atoms with Crippen LogP contribution in [0.5, 0.6) is 0 Å². The van der Waals surface area contributed by atoms with Crippen LogP contribution in [0.25, 0.3) is 0 Å². The number of ketones is 2. The number of Topliss-reactive ketones (excluding diaryl/α,β-unsaturated/α-hetero) is 2. The first kappa shape index (κ1) is 16.4. The van der Waals surface area contributed by atoms with Gasteiger partial charge in [0.25, 0.3) is 0 Å². The van der Waals surface area contributed by atoms with Gasteiger partial charge in [-0.1, -0.05) is 41.9 Å². The third-order valence-electron chi connectivity index (χ3n) is 4.05. The van der Waals surface area contributed by atoms with Gasteiger partial charge in [-0.3, -0.25) is 14.6 Å². The minimum Gasteiger partial charge on any atom is -0.385 e. The first-order chi connectivity index (χ1) is 11.6. The molecule has 3 rings (SSSR count). The highest BCUT2D eigenvalue weighted by Crippen LogP contribution is 2.31. The van der Waals surface area contributed by atoms with E-state index in [1.165, 1.54) is 6.20 Å². The molecule has 1 N–H and O–H groups in total. The number of allylic oxidation sites excluding steroid dienone is 1. The molecular weight excluding hydrogens is 324 g/mol. The maximum atomic E-state index is 12.3. The summed E-state index contributed by atoms with van der Waals surface area (Å²) in [5, 5.41) is 3.57. The van der Waals surface area contributed by atoms with E-state index in [2.05, 4.69) is 10.3 Å². The van der Waals surface area contributed by atoms with Crippen molar-refractivity contribution in [2.24, 2.45) is 0 Å². The van der Waals surface area contributed by atoms with Crippen LogP contribution < -0.4 is 5.32 Å². The summed E-state index contributed by atoms with van der Waals surface area (Å²) >= 11 is 5.79. The molecule has 0 atom stereocenters. The van der Waals surface area contributed by atoms with Crippen molar-refractivity contribution in [2.75, 3.05) is 0 Å². The molecular formula is C19H17ClN2O2. The Balaban J connectivity index is 1.63. The number of nitrogens with zero attached hydrogens (tertiary/aromatic N) is 1. The van der Waals surface area contributed by atoms with Crippen LogP contribution in [-0.4, -0.2) is 16.6 Å². The molecule has 0 radical (unpaired) electrons. The molecule has 0 bridgehead atoms. The number of aromatic nitrogens is 1. The second-order valence-electron chi connectivity index (χ2n) is 5.77. The van der Waals surface area contributed by atoms with E-state index in [1.807, 2.05) is 30.3 Å².